The number of aryl methyl sites for hydroxylation is 1. The van der Waals surface area contributed by atoms with Gasteiger partial charge in [0.05, 0.1) is 29.7 Å². The summed E-state index contributed by atoms with van der Waals surface area (Å²) < 4.78 is 39.1. The summed E-state index contributed by atoms with van der Waals surface area (Å²) in [6.45, 7) is 2.35. The highest BCUT2D eigenvalue weighted by molar-refractivity contribution is 7.92. The summed E-state index contributed by atoms with van der Waals surface area (Å²) in [5, 5.41) is 14.1. The SMILES string of the molecule is CNC(=O)C(C)N(Cc1ccc(OC)cc1)C(=O)CN(c1ccc(OC)cc1)S(=O)(=O)c1ccc(C)c([N+](=O)[O-])c1. The van der Waals surface area contributed by atoms with Gasteiger partial charge in [0.15, 0.2) is 0 Å². The van der Waals surface area contributed by atoms with E-state index in [4.69, 9.17) is 9.47 Å². The van der Waals surface area contributed by atoms with Gasteiger partial charge in [-0.3, -0.25) is 24.0 Å². The van der Waals surface area contributed by atoms with Crippen LogP contribution in [0, 0.1) is 17.0 Å². The minimum absolute atomic E-state index is 0.00389. The van der Waals surface area contributed by atoms with Crippen LogP contribution in [0.1, 0.15) is 18.1 Å². The smallest absolute Gasteiger partial charge is 0.273 e. The highest BCUT2D eigenvalue weighted by Crippen LogP contribution is 2.29. The molecule has 0 fully saturated rings. The molecule has 0 radical (unpaired) electrons. The molecule has 3 rings (SSSR count). The molecule has 218 valence electrons. The van der Waals surface area contributed by atoms with Gasteiger partial charge in [0.2, 0.25) is 11.8 Å². The van der Waals surface area contributed by atoms with Crippen molar-refractivity contribution in [2.75, 3.05) is 32.1 Å². The molecule has 0 aromatic heterocycles. The fraction of sp³-hybridized carbons (Fsp3) is 0.286. The second-order valence-electron chi connectivity index (χ2n) is 9.08. The Hall–Kier alpha value is -4.65. The number of nitrogens with one attached hydrogen (secondary N) is 1. The number of benzene rings is 3. The van der Waals surface area contributed by atoms with Crippen LogP contribution in [0.4, 0.5) is 11.4 Å². The lowest BCUT2D eigenvalue weighted by molar-refractivity contribution is -0.385. The van der Waals surface area contributed by atoms with Gasteiger partial charge in [-0.2, -0.15) is 0 Å². The third-order valence-electron chi connectivity index (χ3n) is 6.53. The number of ether oxygens (including phenoxy) is 2. The normalized spacial score (nSPS) is 11.7. The van der Waals surface area contributed by atoms with Crippen LogP contribution in [-0.2, 0) is 26.2 Å². The first-order valence-electron chi connectivity index (χ1n) is 12.5. The Labute approximate surface area is 238 Å². The number of likely N-dealkylation sites (N-methyl/N-ethyl adjacent to an activating group) is 1. The molecule has 2 amide bonds. The van der Waals surface area contributed by atoms with Crippen LogP contribution in [0.2, 0.25) is 0 Å². The number of nitro groups is 1. The first kappa shape index (κ1) is 30.9. The third kappa shape index (κ3) is 7.11. The van der Waals surface area contributed by atoms with Gasteiger partial charge in [-0.15, -0.1) is 0 Å². The van der Waals surface area contributed by atoms with Crippen LogP contribution in [0.5, 0.6) is 11.5 Å². The van der Waals surface area contributed by atoms with Gasteiger partial charge in [0.1, 0.15) is 24.1 Å². The Morgan fingerprint density at radius 3 is 2.05 bits per heavy atom. The van der Waals surface area contributed by atoms with E-state index < -0.39 is 39.3 Å². The Kier molecular flexibility index (Phi) is 9.90. The molecule has 1 N–H and O–H groups in total. The Morgan fingerprint density at radius 2 is 1.54 bits per heavy atom. The first-order valence-corrected chi connectivity index (χ1v) is 13.9. The van der Waals surface area contributed by atoms with E-state index in [1.165, 1.54) is 76.4 Å². The number of carbonyl (C=O) groups excluding carboxylic acids is 2. The van der Waals surface area contributed by atoms with Gasteiger partial charge < -0.3 is 19.7 Å². The summed E-state index contributed by atoms with van der Waals surface area (Å²) in [6, 6.07) is 15.5. The number of nitro benzene ring substituents is 1. The maximum absolute atomic E-state index is 13.9. The summed E-state index contributed by atoms with van der Waals surface area (Å²) >= 11 is 0. The van der Waals surface area contributed by atoms with E-state index >= 15 is 0 Å². The molecule has 0 spiro atoms. The Balaban J connectivity index is 2.08. The van der Waals surface area contributed by atoms with Crippen LogP contribution >= 0.6 is 0 Å². The lowest BCUT2D eigenvalue weighted by Crippen LogP contribution is -2.50. The van der Waals surface area contributed by atoms with Crippen molar-refractivity contribution in [2.24, 2.45) is 0 Å². The molecule has 0 heterocycles. The number of hydrogen-bond donors (Lipinski definition) is 1. The summed E-state index contributed by atoms with van der Waals surface area (Å²) in [4.78, 5) is 38.2. The van der Waals surface area contributed by atoms with Crippen molar-refractivity contribution in [2.45, 2.75) is 31.3 Å². The van der Waals surface area contributed by atoms with Crippen molar-refractivity contribution in [3.8, 4) is 11.5 Å². The largest absolute Gasteiger partial charge is 0.497 e. The van der Waals surface area contributed by atoms with E-state index in [-0.39, 0.29) is 28.4 Å². The predicted molar refractivity (Wildman–Crippen MR) is 152 cm³/mol. The van der Waals surface area contributed by atoms with E-state index in [1.54, 1.807) is 24.3 Å². The fourth-order valence-corrected chi connectivity index (χ4v) is 5.50. The van der Waals surface area contributed by atoms with Gasteiger partial charge in [0.25, 0.3) is 15.7 Å². The predicted octanol–water partition coefficient (Wildman–Crippen LogP) is 3.28. The highest BCUT2D eigenvalue weighted by Gasteiger charge is 2.33. The van der Waals surface area contributed by atoms with Crippen molar-refractivity contribution >= 4 is 33.2 Å². The number of hydrogen-bond acceptors (Lipinski definition) is 8. The molecule has 0 saturated carbocycles. The summed E-state index contributed by atoms with van der Waals surface area (Å²) in [6.07, 6.45) is 0. The average Bonchev–Trinajstić information content (AvgIpc) is 2.98. The average molecular weight is 585 g/mol. The number of sulfonamides is 1. The number of anilines is 1. The summed E-state index contributed by atoms with van der Waals surface area (Å²) in [7, 11) is -0.0699. The molecule has 0 aliphatic heterocycles. The van der Waals surface area contributed by atoms with Crippen LogP contribution in [0.3, 0.4) is 0 Å². The van der Waals surface area contributed by atoms with Crippen LogP contribution in [0.25, 0.3) is 0 Å². The van der Waals surface area contributed by atoms with E-state index in [0.717, 1.165) is 10.4 Å². The zero-order chi connectivity index (χ0) is 30.3. The summed E-state index contributed by atoms with van der Waals surface area (Å²) in [5.41, 5.74) is 0.717. The van der Waals surface area contributed by atoms with E-state index in [9.17, 15) is 28.1 Å². The topological polar surface area (TPSA) is 148 Å². The molecular weight excluding hydrogens is 552 g/mol. The molecule has 0 saturated heterocycles. The number of rotatable bonds is 12. The quantitative estimate of drug-likeness (QED) is 0.252. The van der Waals surface area contributed by atoms with Gasteiger partial charge in [-0.1, -0.05) is 18.2 Å². The molecule has 41 heavy (non-hydrogen) atoms. The Morgan fingerprint density at radius 1 is 0.976 bits per heavy atom. The van der Waals surface area contributed by atoms with Gasteiger partial charge in [0, 0.05) is 25.2 Å². The summed E-state index contributed by atoms with van der Waals surface area (Å²) in [5.74, 6) is -0.0505. The van der Waals surface area contributed by atoms with Crippen LogP contribution in [-0.4, -0.2) is 63.9 Å². The van der Waals surface area contributed by atoms with Gasteiger partial charge in [-0.25, -0.2) is 8.42 Å². The molecule has 1 unspecified atom stereocenters. The standard InChI is InChI=1S/C28H32N4O8S/c1-19-6-15-25(16-26(19)32(35)36)41(37,38)31(22-9-13-24(40-5)14-10-22)18-27(33)30(20(2)28(34)29-3)17-21-7-11-23(39-4)12-8-21/h6-16,20H,17-18H2,1-5H3,(H,29,34). The van der Waals surface area contributed by atoms with Crippen molar-refractivity contribution in [1.29, 1.82) is 0 Å². The zero-order valence-corrected chi connectivity index (χ0v) is 24.2. The van der Waals surface area contributed by atoms with Crippen molar-refractivity contribution in [1.82, 2.24) is 10.2 Å². The second kappa shape index (κ2) is 13.1. The maximum atomic E-state index is 13.9. The van der Waals surface area contributed by atoms with E-state index in [1.807, 2.05) is 0 Å². The fourth-order valence-electron chi connectivity index (χ4n) is 4.07. The van der Waals surface area contributed by atoms with Gasteiger partial charge in [-0.05, 0) is 61.9 Å². The van der Waals surface area contributed by atoms with Crippen molar-refractivity contribution in [3.05, 3.63) is 88.0 Å². The van der Waals surface area contributed by atoms with Crippen molar-refractivity contribution < 1.29 is 32.4 Å². The number of methoxy groups -OCH3 is 2. The molecule has 0 aliphatic carbocycles. The minimum Gasteiger partial charge on any atom is -0.497 e. The van der Waals surface area contributed by atoms with Crippen LogP contribution in [0.15, 0.2) is 71.6 Å². The van der Waals surface area contributed by atoms with E-state index in [2.05, 4.69) is 5.32 Å². The number of amides is 2. The maximum Gasteiger partial charge on any atom is 0.273 e. The number of carbonyl (C=O) groups is 2. The van der Waals surface area contributed by atoms with Gasteiger partial charge >= 0.3 is 0 Å². The second-order valence-corrected chi connectivity index (χ2v) is 10.9. The van der Waals surface area contributed by atoms with Crippen LogP contribution < -0.4 is 19.1 Å². The van der Waals surface area contributed by atoms with E-state index in [0.29, 0.717) is 17.1 Å². The first-order chi connectivity index (χ1) is 19.4. The van der Waals surface area contributed by atoms with Crippen molar-refractivity contribution in [3.63, 3.8) is 0 Å². The highest BCUT2D eigenvalue weighted by atomic mass is 32.2. The molecule has 3 aromatic rings. The monoisotopic (exact) mass is 584 g/mol. The Bertz CT molecular complexity index is 1510. The third-order valence-corrected chi connectivity index (χ3v) is 8.30. The molecule has 13 heteroatoms. The molecular formula is C28H32N4O8S. The molecule has 0 aliphatic rings. The number of nitrogens with zero attached hydrogens (tertiary/aromatic N) is 3. The molecule has 1 atom stereocenters. The zero-order valence-electron chi connectivity index (χ0n) is 23.4. The molecule has 0 bridgehead atoms. The minimum atomic E-state index is -4.48. The molecule has 3 aromatic carbocycles. The lowest BCUT2D eigenvalue weighted by Gasteiger charge is -2.31. The lowest BCUT2D eigenvalue weighted by atomic mass is 10.1. The molecule has 12 nitrogen and oxygen atoms in total.